The Hall–Kier alpha value is -0.180. The van der Waals surface area contributed by atoms with Gasteiger partial charge in [0.2, 0.25) is 0 Å². The van der Waals surface area contributed by atoms with Gasteiger partial charge in [-0.3, -0.25) is 4.90 Å². The maximum absolute atomic E-state index is 5.82. The van der Waals surface area contributed by atoms with Gasteiger partial charge in [-0.05, 0) is 25.0 Å². The van der Waals surface area contributed by atoms with E-state index in [-0.39, 0.29) is 0 Å². The van der Waals surface area contributed by atoms with E-state index in [0.29, 0.717) is 0 Å². The molecule has 0 heterocycles. The quantitative estimate of drug-likeness (QED) is 0.542. The van der Waals surface area contributed by atoms with Crippen molar-refractivity contribution in [3.8, 4) is 0 Å². The SMILES string of the molecule is ClCCN(CCSc1ccccc1)C1CC1. The Morgan fingerprint density at radius 2 is 1.94 bits per heavy atom. The van der Waals surface area contributed by atoms with Crippen LogP contribution in [0.2, 0.25) is 0 Å². The third-order valence-corrected chi connectivity index (χ3v) is 3.99. The maximum Gasteiger partial charge on any atom is 0.0351 e. The first kappa shape index (κ1) is 12.3. The van der Waals surface area contributed by atoms with E-state index in [4.69, 9.17) is 11.6 Å². The second-order valence-corrected chi connectivity index (χ2v) is 5.66. The van der Waals surface area contributed by atoms with Gasteiger partial charge in [-0.25, -0.2) is 0 Å². The van der Waals surface area contributed by atoms with E-state index in [1.54, 1.807) is 0 Å². The van der Waals surface area contributed by atoms with Crippen LogP contribution < -0.4 is 0 Å². The van der Waals surface area contributed by atoms with Gasteiger partial charge in [-0.15, -0.1) is 23.4 Å². The summed E-state index contributed by atoms with van der Waals surface area (Å²) in [5.74, 6) is 1.92. The number of hydrogen-bond donors (Lipinski definition) is 0. The molecule has 3 heteroatoms. The Bertz CT molecular complexity index is 300. The van der Waals surface area contributed by atoms with Crippen LogP contribution >= 0.6 is 23.4 Å². The summed E-state index contributed by atoms with van der Waals surface area (Å²) >= 11 is 7.75. The Kier molecular flexibility index (Phi) is 5.01. The number of halogens is 1. The van der Waals surface area contributed by atoms with Gasteiger partial charge in [-0.2, -0.15) is 0 Å². The largest absolute Gasteiger partial charge is 0.298 e. The molecule has 16 heavy (non-hydrogen) atoms. The molecule has 0 saturated heterocycles. The minimum Gasteiger partial charge on any atom is -0.298 e. The molecule has 0 aliphatic heterocycles. The highest BCUT2D eigenvalue weighted by Gasteiger charge is 2.27. The van der Waals surface area contributed by atoms with Gasteiger partial charge >= 0.3 is 0 Å². The molecule has 0 unspecified atom stereocenters. The fourth-order valence-electron chi connectivity index (χ4n) is 1.82. The predicted molar refractivity (Wildman–Crippen MR) is 72.5 cm³/mol. The van der Waals surface area contributed by atoms with E-state index < -0.39 is 0 Å². The molecule has 1 aromatic carbocycles. The van der Waals surface area contributed by atoms with Gasteiger partial charge in [0.15, 0.2) is 0 Å². The van der Waals surface area contributed by atoms with Crippen molar-refractivity contribution in [3.63, 3.8) is 0 Å². The molecule has 88 valence electrons. The summed E-state index contributed by atoms with van der Waals surface area (Å²) in [7, 11) is 0. The van der Waals surface area contributed by atoms with E-state index in [9.17, 15) is 0 Å². The van der Waals surface area contributed by atoms with Crippen LogP contribution in [-0.4, -0.2) is 35.7 Å². The molecule has 0 radical (unpaired) electrons. The minimum absolute atomic E-state index is 0.756. The van der Waals surface area contributed by atoms with E-state index in [0.717, 1.165) is 30.8 Å². The van der Waals surface area contributed by atoms with Crippen LogP contribution in [0.1, 0.15) is 12.8 Å². The molecule has 1 fully saturated rings. The smallest absolute Gasteiger partial charge is 0.0351 e. The van der Waals surface area contributed by atoms with Crippen molar-refractivity contribution >= 4 is 23.4 Å². The van der Waals surface area contributed by atoms with E-state index in [1.807, 2.05) is 11.8 Å². The number of alkyl halides is 1. The first-order valence-electron chi connectivity index (χ1n) is 5.88. The Morgan fingerprint density at radius 1 is 1.19 bits per heavy atom. The van der Waals surface area contributed by atoms with Gasteiger partial charge in [0.25, 0.3) is 0 Å². The Morgan fingerprint density at radius 3 is 2.56 bits per heavy atom. The van der Waals surface area contributed by atoms with Gasteiger partial charge in [0, 0.05) is 35.7 Å². The molecule has 1 aliphatic carbocycles. The van der Waals surface area contributed by atoms with Crippen LogP contribution in [0.4, 0.5) is 0 Å². The van der Waals surface area contributed by atoms with Crippen LogP contribution in [0.15, 0.2) is 35.2 Å². The lowest BCUT2D eigenvalue weighted by molar-refractivity contribution is 0.298. The molecular formula is C13H18ClNS. The summed E-state index contributed by atoms with van der Waals surface area (Å²) in [5, 5.41) is 0. The van der Waals surface area contributed by atoms with Crippen LogP contribution in [-0.2, 0) is 0 Å². The van der Waals surface area contributed by atoms with Crippen molar-refractivity contribution in [3.05, 3.63) is 30.3 Å². The zero-order valence-electron chi connectivity index (χ0n) is 9.44. The summed E-state index contributed by atoms with van der Waals surface area (Å²) in [6, 6.07) is 11.4. The standard InChI is InChI=1S/C13H18ClNS/c14-8-9-15(12-6-7-12)10-11-16-13-4-2-1-3-5-13/h1-5,12H,6-11H2. The lowest BCUT2D eigenvalue weighted by Gasteiger charge is -2.20. The van der Waals surface area contributed by atoms with Gasteiger partial charge in [-0.1, -0.05) is 18.2 Å². The van der Waals surface area contributed by atoms with Gasteiger partial charge in [0.05, 0.1) is 0 Å². The zero-order chi connectivity index (χ0) is 11.2. The highest BCUT2D eigenvalue weighted by Crippen LogP contribution is 2.27. The molecule has 1 nitrogen and oxygen atoms in total. The van der Waals surface area contributed by atoms with Crippen LogP contribution in [0.25, 0.3) is 0 Å². The predicted octanol–water partition coefficient (Wildman–Crippen LogP) is 3.48. The van der Waals surface area contributed by atoms with Crippen LogP contribution in [0.3, 0.4) is 0 Å². The molecule has 0 atom stereocenters. The lowest BCUT2D eigenvalue weighted by atomic mass is 10.4. The minimum atomic E-state index is 0.756. The number of benzene rings is 1. The monoisotopic (exact) mass is 255 g/mol. The van der Waals surface area contributed by atoms with Crippen molar-refractivity contribution < 1.29 is 0 Å². The van der Waals surface area contributed by atoms with Gasteiger partial charge in [0.1, 0.15) is 0 Å². The summed E-state index contributed by atoms with van der Waals surface area (Å²) in [6.45, 7) is 2.21. The van der Waals surface area contributed by atoms with E-state index in [2.05, 4.69) is 35.2 Å². The van der Waals surface area contributed by atoms with E-state index in [1.165, 1.54) is 17.7 Å². The number of thioether (sulfide) groups is 1. The normalized spacial score (nSPS) is 15.6. The number of nitrogens with zero attached hydrogens (tertiary/aromatic N) is 1. The Labute approximate surface area is 107 Å². The van der Waals surface area contributed by atoms with Gasteiger partial charge < -0.3 is 0 Å². The summed E-state index contributed by atoms with van der Waals surface area (Å²) < 4.78 is 0. The number of hydrogen-bond acceptors (Lipinski definition) is 2. The third kappa shape index (κ3) is 4.00. The van der Waals surface area contributed by atoms with Crippen molar-refractivity contribution in [2.75, 3.05) is 24.7 Å². The summed E-state index contributed by atoms with van der Waals surface area (Å²) in [5.41, 5.74) is 0. The zero-order valence-corrected chi connectivity index (χ0v) is 11.0. The molecule has 0 spiro atoms. The maximum atomic E-state index is 5.82. The second kappa shape index (κ2) is 6.53. The molecule has 2 rings (SSSR count). The molecule has 1 aromatic rings. The topological polar surface area (TPSA) is 3.24 Å². The first-order chi connectivity index (χ1) is 7.90. The average molecular weight is 256 g/mol. The van der Waals surface area contributed by atoms with Crippen LogP contribution in [0, 0.1) is 0 Å². The number of rotatable bonds is 7. The van der Waals surface area contributed by atoms with Crippen molar-refractivity contribution in [1.29, 1.82) is 0 Å². The fraction of sp³-hybridized carbons (Fsp3) is 0.538. The molecule has 0 N–H and O–H groups in total. The highest BCUT2D eigenvalue weighted by atomic mass is 35.5. The average Bonchev–Trinajstić information content (AvgIpc) is 3.13. The van der Waals surface area contributed by atoms with Crippen molar-refractivity contribution in [2.45, 2.75) is 23.8 Å². The summed E-state index contributed by atoms with van der Waals surface area (Å²) in [6.07, 6.45) is 2.74. The first-order valence-corrected chi connectivity index (χ1v) is 7.40. The fourth-order valence-corrected chi connectivity index (χ4v) is 2.95. The Balaban J connectivity index is 1.70. The molecule has 0 bridgehead atoms. The highest BCUT2D eigenvalue weighted by molar-refractivity contribution is 7.99. The summed E-state index contributed by atoms with van der Waals surface area (Å²) in [4.78, 5) is 3.90. The van der Waals surface area contributed by atoms with E-state index >= 15 is 0 Å². The third-order valence-electron chi connectivity index (χ3n) is 2.83. The molecule has 1 aliphatic rings. The van der Waals surface area contributed by atoms with Crippen LogP contribution in [0.5, 0.6) is 0 Å². The molecule has 1 saturated carbocycles. The molecule has 0 amide bonds. The second-order valence-electron chi connectivity index (χ2n) is 4.12. The lowest BCUT2D eigenvalue weighted by Crippen LogP contribution is -2.30. The molecular weight excluding hydrogens is 238 g/mol. The molecule has 0 aromatic heterocycles. The van der Waals surface area contributed by atoms with Crippen molar-refractivity contribution in [2.24, 2.45) is 0 Å². The van der Waals surface area contributed by atoms with Crippen molar-refractivity contribution in [1.82, 2.24) is 4.90 Å².